The van der Waals surface area contributed by atoms with Crippen molar-refractivity contribution in [3.8, 4) is 0 Å². The first-order chi connectivity index (χ1) is 4.72. The minimum atomic E-state index is -0.905. The normalized spacial score (nSPS) is 11.8. The van der Waals surface area contributed by atoms with Crippen molar-refractivity contribution in [3.05, 3.63) is 4.91 Å². The fourth-order valence-electron chi connectivity index (χ4n) is 0.367. The van der Waals surface area contributed by atoms with Crippen LogP contribution in [0.3, 0.4) is 0 Å². The van der Waals surface area contributed by atoms with Crippen LogP contribution in [0.1, 0.15) is 13.8 Å². The molecule has 58 valence electrons. The van der Waals surface area contributed by atoms with Crippen LogP contribution in [0.2, 0.25) is 0 Å². The van der Waals surface area contributed by atoms with Crippen molar-refractivity contribution in [1.29, 1.82) is 0 Å². The second kappa shape index (κ2) is 4.72. The van der Waals surface area contributed by atoms with Crippen LogP contribution in [0.15, 0.2) is 5.34 Å². The van der Waals surface area contributed by atoms with E-state index in [1.165, 1.54) is 6.92 Å². The average molecular weight is 147 g/mol. The van der Waals surface area contributed by atoms with Gasteiger partial charge in [0, 0.05) is 0 Å². The van der Waals surface area contributed by atoms with Gasteiger partial charge < -0.3 is 9.57 Å². The van der Waals surface area contributed by atoms with E-state index in [1.807, 2.05) is 0 Å². The molecule has 5 nitrogen and oxygen atoms in total. The molecule has 0 aromatic heterocycles. The standard InChI is InChI=1S/C5H9NO4/c1-3-9-5(7)4(2)10-6-8/h4H,3H2,1-2H3. The lowest BCUT2D eigenvalue weighted by atomic mass is 10.4. The molecule has 0 amide bonds. The van der Waals surface area contributed by atoms with Gasteiger partial charge in [-0.3, -0.25) is 0 Å². The topological polar surface area (TPSA) is 65.0 Å². The van der Waals surface area contributed by atoms with Crippen LogP contribution < -0.4 is 0 Å². The molecule has 0 aromatic rings. The minimum Gasteiger partial charge on any atom is -0.463 e. The predicted molar refractivity (Wildman–Crippen MR) is 33.0 cm³/mol. The smallest absolute Gasteiger partial charge is 0.350 e. The Kier molecular flexibility index (Phi) is 4.19. The lowest BCUT2D eigenvalue weighted by molar-refractivity contribution is -0.155. The highest BCUT2D eigenvalue weighted by Crippen LogP contribution is 1.93. The maximum Gasteiger partial charge on any atom is 0.350 e. The number of hydrogen-bond donors (Lipinski definition) is 0. The molecule has 1 atom stereocenters. The van der Waals surface area contributed by atoms with Gasteiger partial charge in [-0.25, -0.2) is 4.79 Å². The van der Waals surface area contributed by atoms with E-state index in [4.69, 9.17) is 0 Å². The quantitative estimate of drug-likeness (QED) is 0.332. The Labute approximate surface area is 58.2 Å². The fourth-order valence-corrected chi connectivity index (χ4v) is 0.367. The zero-order valence-electron chi connectivity index (χ0n) is 5.86. The molecule has 0 bridgehead atoms. The summed E-state index contributed by atoms with van der Waals surface area (Å²) in [5.74, 6) is -0.581. The number of rotatable bonds is 4. The summed E-state index contributed by atoms with van der Waals surface area (Å²) in [6, 6.07) is 0. The summed E-state index contributed by atoms with van der Waals surface area (Å²) in [4.78, 5) is 24.1. The van der Waals surface area contributed by atoms with Gasteiger partial charge in [0.05, 0.1) is 6.61 Å². The van der Waals surface area contributed by atoms with Crippen molar-refractivity contribution in [3.63, 3.8) is 0 Å². The Hall–Kier alpha value is -1.13. The largest absolute Gasteiger partial charge is 0.463 e. The summed E-state index contributed by atoms with van der Waals surface area (Å²) in [6.07, 6.45) is -0.905. The van der Waals surface area contributed by atoms with Gasteiger partial charge in [0.1, 0.15) is 0 Å². The van der Waals surface area contributed by atoms with Gasteiger partial charge in [0.15, 0.2) is 5.34 Å². The van der Waals surface area contributed by atoms with E-state index < -0.39 is 12.1 Å². The third-order valence-electron chi connectivity index (χ3n) is 0.820. The molecular formula is C5H9NO4. The van der Waals surface area contributed by atoms with Crippen molar-refractivity contribution >= 4 is 5.97 Å². The molecule has 0 fully saturated rings. The Morgan fingerprint density at radius 2 is 2.30 bits per heavy atom. The van der Waals surface area contributed by atoms with Crippen molar-refractivity contribution in [1.82, 2.24) is 0 Å². The molecule has 0 aromatic carbocycles. The van der Waals surface area contributed by atoms with Crippen LogP contribution in [0.25, 0.3) is 0 Å². The molecule has 10 heavy (non-hydrogen) atoms. The molecular weight excluding hydrogens is 138 g/mol. The Morgan fingerprint density at radius 3 is 2.70 bits per heavy atom. The molecule has 0 radical (unpaired) electrons. The molecule has 0 heterocycles. The summed E-state index contributed by atoms with van der Waals surface area (Å²) in [6.45, 7) is 3.32. The fraction of sp³-hybridized carbons (Fsp3) is 0.800. The maximum atomic E-state index is 10.6. The molecule has 1 unspecified atom stereocenters. The van der Waals surface area contributed by atoms with Gasteiger partial charge >= 0.3 is 5.97 Å². The van der Waals surface area contributed by atoms with Gasteiger partial charge in [-0.15, -0.1) is 4.91 Å². The minimum absolute atomic E-state index is 0.269. The molecule has 0 N–H and O–H groups in total. The van der Waals surface area contributed by atoms with E-state index in [9.17, 15) is 9.70 Å². The molecule has 0 spiro atoms. The monoisotopic (exact) mass is 147 g/mol. The lowest BCUT2D eigenvalue weighted by Gasteiger charge is -2.04. The zero-order chi connectivity index (χ0) is 7.98. The van der Waals surface area contributed by atoms with Crippen LogP contribution in [0, 0.1) is 4.91 Å². The van der Waals surface area contributed by atoms with E-state index in [1.54, 1.807) is 6.92 Å². The molecule has 0 aliphatic heterocycles. The van der Waals surface area contributed by atoms with E-state index >= 15 is 0 Å². The summed E-state index contributed by atoms with van der Waals surface area (Å²) in [5, 5.41) is 2.09. The molecule has 0 aliphatic rings. The van der Waals surface area contributed by atoms with Crippen LogP contribution in [0.5, 0.6) is 0 Å². The Balaban J connectivity index is 3.58. The molecule has 0 rings (SSSR count). The van der Waals surface area contributed by atoms with Crippen LogP contribution >= 0.6 is 0 Å². The Bertz CT molecular complexity index is 125. The first-order valence-electron chi connectivity index (χ1n) is 2.87. The summed E-state index contributed by atoms with van der Waals surface area (Å²) < 4.78 is 4.49. The number of hydrogen-bond acceptors (Lipinski definition) is 5. The molecule has 0 aliphatic carbocycles. The number of ether oxygens (including phenoxy) is 1. The molecule has 5 heteroatoms. The number of nitrogens with zero attached hydrogens (tertiary/aromatic N) is 1. The van der Waals surface area contributed by atoms with Crippen LogP contribution in [-0.2, 0) is 14.4 Å². The highest BCUT2D eigenvalue weighted by molar-refractivity contribution is 5.74. The van der Waals surface area contributed by atoms with Crippen LogP contribution in [-0.4, -0.2) is 18.7 Å². The van der Waals surface area contributed by atoms with Gasteiger partial charge in [0.25, 0.3) is 0 Å². The highest BCUT2D eigenvalue weighted by atomic mass is 16.7. The summed E-state index contributed by atoms with van der Waals surface area (Å²) in [7, 11) is 0. The summed E-state index contributed by atoms with van der Waals surface area (Å²) >= 11 is 0. The van der Waals surface area contributed by atoms with E-state index in [-0.39, 0.29) is 6.61 Å². The third kappa shape index (κ3) is 3.01. The van der Waals surface area contributed by atoms with Crippen molar-refractivity contribution in [2.45, 2.75) is 20.0 Å². The van der Waals surface area contributed by atoms with E-state index in [0.717, 1.165) is 0 Å². The van der Waals surface area contributed by atoms with Gasteiger partial charge in [-0.2, -0.15) is 0 Å². The number of esters is 1. The SMILES string of the molecule is CCOC(=O)C(C)ON=O. The van der Waals surface area contributed by atoms with E-state index in [2.05, 4.69) is 14.9 Å². The Morgan fingerprint density at radius 1 is 1.70 bits per heavy atom. The molecule has 0 saturated carbocycles. The maximum absolute atomic E-state index is 10.6. The lowest BCUT2D eigenvalue weighted by Crippen LogP contribution is -2.21. The third-order valence-corrected chi connectivity index (χ3v) is 0.820. The van der Waals surface area contributed by atoms with Gasteiger partial charge in [-0.05, 0) is 13.8 Å². The van der Waals surface area contributed by atoms with Crippen molar-refractivity contribution in [2.24, 2.45) is 5.34 Å². The first kappa shape index (κ1) is 8.87. The van der Waals surface area contributed by atoms with Crippen molar-refractivity contribution in [2.75, 3.05) is 6.61 Å². The predicted octanol–water partition coefficient (Wildman–Crippen LogP) is 0.636. The highest BCUT2D eigenvalue weighted by Gasteiger charge is 2.14. The first-order valence-corrected chi connectivity index (χ1v) is 2.87. The number of carbonyl (C=O) groups is 1. The van der Waals surface area contributed by atoms with Gasteiger partial charge in [0.2, 0.25) is 6.10 Å². The zero-order valence-corrected chi connectivity index (χ0v) is 5.86. The van der Waals surface area contributed by atoms with Crippen molar-refractivity contribution < 1.29 is 14.4 Å². The van der Waals surface area contributed by atoms with Crippen LogP contribution in [0.4, 0.5) is 0 Å². The molecule has 0 saturated heterocycles. The average Bonchev–Trinajstić information content (AvgIpc) is 1.89. The van der Waals surface area contributed by atoms with E-state index in [0.29, 0.717) is 0 Å². The second-order valence-corrected chi connectivity index (χ2v) is 1.57. The second-order valence-electron chi connectivity index (χ2n) is 1.57. The van der Waals surface area contributed by atoms with Gasteiger partial charge in [-0.1, -0.05) is 0 Å². The summed E-state index contributed by atoms with van der Waals surface area (Å²) in [5.41, 5.74) is 0. The number of carbonyl (C=O) groups excluding carboxylic acids is 1.